The molecule has 0 unspecified atom stereocenters. The molecule has 0 saturated heterocycles. The molecule has 0 bridgehead atoms. The Hall–Kier alpha value is -1.22. The van der Waals surface area contributed by atoms with Crippen molar-refractivity contribution in [3.8, 4) is 0 Å². The van der Waals surface area contributed by atoms with Crippen molar-refractivity contribution < 1.29 is 4.39 Å². The van der Waals surface area contributed by atoms with Crippen LogP contribution in [0, 0.1) is 12.7 Å². The molecule has 1 nitrogen and oxygen atoms in total. The average Bonchev–Trinajstić information content (AvgIpc) is 2.71. The summed E-state index contributed by atoms with van der Waals surface area (Å²) < 4.78 is 13.5. The standard InChI is InChI=1S/C15H18FNS/c1-3-4-5-12-6-13(8-14(16)7-12)9-15-17-11(2)10-18-15/h6-8,10H,3-5,9H2,1-2H3. The van der Waals surface area contributed by atoms with Crippen LogP contribution in [0.25, 0.3) is 0 Å². The normalized spacial score (nSPS) is 10.8. The molecule has 0 atom stereocenters. The quantitative estimate of drug-likeness (QED) is 0.772. The summed E-state index contributed by atoms with van der Waals surface area (Å²) in [7, 11) is 0. The fourth-order valence-electron chi connectivity index (χ4n) is 2.00. The van der Waals surface area contributed by atoms with Gasteiger partial charge in [-0.2, -0.15) is 0 Å². The van der Waals surface area contributed by atoms with Crippen LogP contribution in [-0.2, 0) is 12.8 Å². The van der Waals surface area contributed by atoms with Crippen LogP contribution in [0.1, 0.15) is 41.6 Å². The first-order chi connectivity index (χ1) is 8.67. The van der Waals surface area contributed by atoms with E-state index in [0.29, 0.717) is 0 Å². The Morgan fingerprint density at radius 1 is 1.22 bits per heavy atom. The summed E-state index contributed by atoms with van der Waals surface area (Å²) in [6.45, 7) is 4.14. The van der Waals surface area contributed by atoms with Crippen LogP contribution in [0.2, 0.25) is 0 Å². The van der Waals surface area contributed by atoms with Gasteiger partial charge in [-0.05, 0) is 43.0 Å². The highest BCUT2D eigenvalue weighted by Gasteiger charge is 2.05. The Morgan fingerprint density at radius 3 is 2.67 bits per heavy atom. The smallest absolute Gasteiger partial charge is 0.123 e. The van der Waals surface area contributed by atoms with Gasteiger partial charge in [0.15, 0.2) is 0 Å². The summed E-state index contributed by atoms with van der Waals surface area (Å²) in [5.41, 5.74) is 3.16. The van der Waals surface area contributed by atoms with E-state index in [4.69, 9.17) is 0 Å². The monoisotopic (exact) mass is 263 g/mol. The van der Waals surface area contributed by atoms with Crippen LogP contribution < -0.4 is 0 Å². The lowest BCUT2D eigenvalue weighted by atomic mass is 10.0. The average molecular weight is 263 g/mol. The van der Waals surface area contributed by atoms with E-state index in [2.05, 4.69) is 18.0 Å². The number of benzene rings is 1. The molecule has 1 aromatic heterocycles. The second-order valence-corrected chi connectivity index (χ2v) is 5.57. The van der Waals surface area contributed by atoms with Crippen LogP contribution in [0.4, 0.5) is 4.39 Å². The Bertz CT molecular complexity index is 519. The number of unbranched alkanes of at least 4 members (excludes halogenated alkanes) is 1. The molecule has 2 aromatic rings. The molecule has 3 heteroatoms. The molecule has 2 rings (SSSR count). The first-order valence-corrected chi connectivity index (χ1v) is 7.24. The minimum absolute atomic E-state index is 0.133. The molecule has 1 heterocycles. The van der Waals surface area contributed by atoms with Gasteiger partial charge in [0.25, 0.3) is 0 Å². The molecule has 0 aliphatic rings. The van der Waals surface area contributed by atoms with Crippen LogP contribution in [-0.4, -0.2) is 4.98 Å². The molecule has 0 saturated carbocycles. The number of thiazole rings is 1. The summed E-state index contributed by atoms with van der Waals surface area (Å²) in [6.07, 6.45) is 3.93. The lowest BCUT2D eigenvalue weighted by Gasteiger charge is -2.04. The van der Waals surface area contributed by atoms with Crippen molar-refractivity contribution in [1.29, 1.82) is 0 Å². The van der Waals surface area contributed by atoms with Gasteiger partial charge < -0.3 is 0 Å². The van der Waals surface area contributed by atoms with E-state index in [1.54, 1.807) is 23.5 Å². The van der Waals surface area contributed by atoms with E-state index < -0.39 is 0 Å². The van der Waals surface area contributed by atoms with Crippen molar-refractivity contribution in [3.63, 3.8) is 0 Å². The third-order valence-corrected chi connectivity index (χ3v) is 3.82. The second-order valence-electron chi connectivity index (χ2n) is 4.63. The molecule has 18 heavy (non-hydrogen) atoms. The zero-order valence-corrected chi connectivity index (χ0v) is 11.7. The molecular weight excluding hydrogens is 245 g/mol. The van der Waals surface area contributed by atoms with E-state index in [9.17, 15) is 4.39 Å². The number of aryl methyl sites for hydroxylation is 2. The Morgan fingerprint density at radius 2 is 2.00 bits per heavy atom. The van der Waals surface area contributed by atoms with Crippen LogP contribution in [0.5, 0.6) is 0 Å². The number of hydrogen-bond donors (Lipinski definition) is 0. The lowest BCUT2D eigenvalue weighted by Crippen LogP contribution is -1.93. The topological polar surface area (TPSA) is 12.9 Å². The van der Waals surface area contributed by atoms with Gasteiger partial charge in [-0.1, -0.05) is 19.4 Å². The van der Waals surface area contributed by atoms with Gasteiger partial charge in [0.2, 0.25) is 0 Å². The summed E-state index contributed by atoms with van der Waals surface area (Å²) >= 11 is 1.64. The molecule has 0 spiro atoms. The first kappa shape index (κ1) is 13.2. The zero-order chi connectivity index (χ0) is 13.0. The van der Waals surface area contributed by atoms with Crippen molar-refractivity contribution >= 4 is 11.3 Å². The van der Waals surface area contributed by atoms with Crippen molar-refractivity contribution in [1.82, 2.24) is 4.98 Å². The molecule has 96 valence electrons. The fourth-order valence-corrected chi connectivity index (χ4v) is 2.81. The number of rotatable bonds is 5. The van der Waals surface area contributed by atoms with E-state index in [1.165, 1.54) is 0 Å². The summed E-state index contributed by atoms with van der Waals surface area (Å²) in [6, 6.07) is 5.37. The van der Waals surface area contributed by atoms with Gasteiger partial charge in [0.1, 0.15) is 5.82 Å². The molecule has 0 radical (unpaired) electrons. The highest BCUT2D eigenvalue weighted by Crippen LogP contribution is 2.18. The number of aromatic nitrogens is 1. The predicted octanol–water partition coefficient (Wildman–Crippen LogP) is 4.52. The van der Waals surface area contributed by atoms with Gasteiger partial charge in [-0.3, -0.25) is 0 Å². The number of nitrogens with zero attached hydrogens (tertiary/aromatic N) is 1. The molecule has 0 aliphatic heterocycles. The maximum atomic E-state index is 13.5. The van der Waals surface area contributed by atoms with Crippen molar-refractivity contribution in [2.24, 2.45) is 0 Å². The number of hydrogen-bond acceptors (Lipinski definition) is 2. The summed E-state index contributed by atoms with van der Waals surface area (Å²) in [5, 5.41) is 3.09. The van der Waals surface area contributed by atoms with Gasteiger partial charge in [0.05, 0.1) is 5.01 Å². The van der Waals surface area contributed by atoms with Gasteiger partial charge in [0, 0.05) is 17.5 Å². The summed E-state index contributed by atoms with van der Waals surface area (Å²) in [5.74, 6) is -0.133. The third kappa shape index (κ3) is 3.64. The molecule has 0 aliphatic carbocycles. The molecule has 0 fully saturated rings. The Labute approximate surface area is 112 Å². The van der Waals surface area contributed by atoms with Crippen LogP contribution >= 0.6 is 11.3 Å². The maximum absolute atomic E-state index is 13.5. The first-order valence-electron chi connectivity index (χ1n) is 6.36. The molecule has 0 amide bonds. The van der Waals surface area contributed by atoms with E-state index >= 15 is 0 Å². The largest absolute Gasteiger partial charge is 0.246 e. The van der Waals surface area contributed by atoms with Gasteiger partial charge >= 0.3 is 0 Å². The second kappa shape index (κ2) is 6.10. The molecule has 1 aromatic carbocycles. The van der Waals surface area contributed by atoms with Gasteiger partial charge in [-0.25, -0.2) is 9.37 Å². The highest BCUT2D eigenvalue weighted by atomic mass is 32.1. The fraction of sp³-hybridized carbons (Fsp3) is 0.400. The van der Waals surface area contributed by atoms with E-state index in [0.717, 1.165) is 47.5 Å². The van der Waals surface area contributed by atoms with E-state index in [1.807, 2.05) is 12.3 Å². The zero-order valence-electron chi connectivity index (χ0n) is 10.9. The maximum Gasteiger partial charge on any atom is 0.123 e. The highest BCUT2D eigenvalue weighted by molar-refractivity contribution is 7.09. The lowest BCUT2D eigenvalue weighted by molar-refractivity contribution is 0.622. The Balaban J connectivity index is 2.14. The molecular formula is C15H18FNS. The van der Waals surface area contributed by atoms with Crippen LogP contribution in [0.15, 0.2) is 23.6 Å². The number of halogens is 1. The SMILES string of the molecule is CCCCc1cc(F)cc(Cc2nc(C)cs2)c1. The van der Waals surface area contributed by atoms with Gasteiger partial charge in [-0.15, -0.1) is 11.3 Å². The molecule has 0 N–H and O–H groups in total. The predicted molar refractivity (Wildman–Crippen MR) is 74.7 cm³/mol. The van der Waals surface area contributed by atoms with Crippen molar-refractivity contribution in [2.45, 2.75) is 39.5 Å². The van der Waals surface area contributed by atoms with E-state index in [-0.39, 0.29) is 5.82 Å². The minimum Gasteiger partial charge on any atom is -0.246 e. The summed E-state index contributed by atoms with van der Waals surface area (Å²) in [4.78, 5) is 4.42. The van der Waals surface area contributed by atoms with Crippen molar-refractivity contribution in [3.05, 3.63) is 51.2 Å². The van der Waals surface area contributed by atoms with Crippen LogP contribution in [0.3, 0.4) is 0 Å². The Kier molecular flexibility index (Phi) is 4.48. The third-order valence-electron chi connectivity index (χ3n) is 2.86. The van der Waals surface area contributed by atoms with Crippen molar-refractivity contribution in [2.75, 3.05) is 0 Å². The minimum atomic E-state index is -0.133.